The van der Waals surface area contributed by atoms with Crippen LogP contribution in [-0.4, -0.2) is 56.0 Å². The molecule has 1 amide bonds. The first-order valence-electron chi connectivity index (χ1n) is 12.4. The first kappa shape index (κ1) is 26.8. The molecule has 0 radical (unpaired) electrons. The zero-order chi connectivity index (χ0) is 26.4. The first-order valence-corrected chi connectivity index (χ1v) is 12.8. The number of aryl methyl sites for hydroxylation is 2. The number of ether oxygens (including phenoxy) is 1. The number of nitrogens with one attached hydrogen (secondary N) is 2. The van der Waals surface area contributed by atoms with E-state index >= 15 is 0 Å². The molecule has 0 spiro atoms. The summed E-state index contributed by atoms with van der Waals surface area (Å²) in [5, 5.41) is 6.43. The molecule has 4 rings (SSSR count). The predicted molar refractivity (Wildman–Crippen MR) is 145 cm³/mol. The molecule has 1 saturated heterocycles. The van der Waals surface area contributed by atoms with Crippen molar-refractivity contribution < 1.29 is 18.7 Å². The number of carbonyl (C=O) groups excluding carboxylic acids is 2. The van der Waals surface area contributed by atoms with Crippen molar-refractivity contribution in [2.24, 2.45) is 0 Å². The maximum absolute atomic E-state index is 13.4. The molecule has 0 bridgehead atoms. The van der Waals surface area contributed by atoms with Crippen LogP contribution in [0.1, 0.15) is 43.8 Å². The maximum atomic E-state index is 13.4. The van der Waals surface area contributed by atoms with E-state index in [1.807, 2.05) is 6.92 Å². The molecular formula is C29H31ClFN3O3. The van der Waals surface area contributed by atoms with Crippen molar-refractivity contribution in [1.29, 1.82) is 0 Å². The highest BCUT2D eigenvalue weighted by Crippen LogP contribution is 2.28. The molecule has 1 aliphatic rings. The molecule has 0 unspecified atom stereocenters. The van der Waals surface area contributed by atoms with E-state index in [9.17, 15) is 14.0 Å². The third kappa shape index (κ3) is 6.95. The lowest BCUT2D eigenvalue weighted by atomic mass is 9.96. The Balaban J connectivity index is 1.41. The number of benzene rings is 3. The zero-order valence-electron chi connectivity index (χ0n) is 21.1. The Hall–Kier alpha value is -3.26. The minimum Gasteiger partial charge on any atom is -0.379 e. The molecule has 1 aliphatic heterocycles. The average molecular weight is 524 g/mol. The van der Waals surface area contributed by atoms with E-state index in [4.69, 9.17) is 16.3 Å². The molecule has 0 saturated carbocycles. The highest BCUT2D eigenvalue weighted by Gasteiger charge is 2.18. The molecule has 1 heterocycles. The highest BCUT2D eigenvalue weighted by atomic mass is 35.5. The van der Waals surface area contributed by atoms with Gasteiger partial charge in [-0.2, -0.15) is 0 Å². The number of ketones is 1. The van der Waals surface area contributed by atoms with Crippen LogP contribution in [0.3, 0.4) is 0 Å². The summed E-state index contributed by atoms with van der Waals surface area (Å²) in [5.74, 6) is -0.772. The summed E-state index contributed by atoms with van der Waals surface area (Å²) in [7, 11) is 0. The van der Waals surface area contributed by atoms with E-state index in [1.165, 1.54) is 12.1 Å². The zero-order valence-corrected chi connectivity index (χ0v) is 21.8. The standard InChI is InChI=1S/C29H31ClFN3O3/c1-19-4-5-21(29(36)32-10-3-11-34-12-14-37-15-13-34)17-25(19)28(35)24-8-7-23(18-26(24)30)33-27-9-6-22(31)16-20(27)2/h4-9,16-18,33H,3,10-15H2,1-2H3,(H,32,36). The second kappa shape index (κ2) is 12.3. The van der Waals surface area contributed by atoms with E-state index in [-0.39, 0.29) is 22.5 Å². The number of anilines is 2. The summed E-state index contributed by atoms with van der Waals surface area (Å²) >= 11 is 6.50. The number of carbonyl (C=O) groups is 2. The van der Waals surface area contributed by atoms with Gasteiger partial charge in [0.05, 0.1) is 18.2 Å². The van der Waals surface area contributed by atoms with E-state index in [2.05, 4.69) is 15.5 Å². The largest absolute Gasteiger partial charge is 0.379 e. The van der Waals surface area contributed by atoms with Crippen molar-refractivity contribution in [3.8, 4) is 0 Å². The van der Waals surface area contributed by atoms with Crippen LogP contribution in [0.15, 0.2) is 54.6 Å². The smallest absolute Gasteiger partial charge is 0.251 e. The van der Waals surface area contributed by atoms with Gasteiger partial charge < -0.3 is 15.4 Å². The van der Waals surface area contributed by atoms with Gasteiger partial charge in [0.2, 0.25) is 0 Å². The monoisotopic (exact) mass is 523 g/mol. The van der Waals surface area contributed by atoms with Gasteiger partial charge in [-0.25, -0.2) is 4.39 Å². The fourth-order valence-corrected chi connectivity index (χ4v) is 4.55. The Bertz CT molecular complexity index is 1290. The van der Waals surface area contributed by atoms with Crippen molar-refractivity contribution in [3.05, 3.63) is 93.3 Å². The van der Waals surface area contributed by atoms with Gasteiger partial charge in [0, 0.05) is 47.7 Å². The Labute approximate surface area is 221 Å². The molecule has 2 N–H and O–H groups in total. The summed E-state index contributed by atoms with van der Waals surface area (Å²) in [6.45, 7) is 8.45. The number of amides is 1. The second-order valence-electron chi connectivity index (χ2n) is 9.20. The number of morpholine rings is 1. The van der Waals surface area contributed by atoms with Crippen molar-refractivity contribution in [3.63, 3.8) is 0 Å². The van der Waals surface area contributed by atoms with Crippen LogP contribution in [0.4, 0.5) is 15.8 Å². The molecule has 0 aliphatic carbocycles. The molecule has 0 aromatic heterocycles. The summed E-state index contributed by atoms with van der Waals surface area (Å²) in [6, 6.07) is 14.7. The molecule has 0 atom stereocenters. The quantitative estimate of drug-likeness (QED) is 0.285. The lowest BCUT2D eigenvalue weighted by Crippen LogP contribution is -2.38. The van der Waals surface area contributed by atoms with Crippen LogP contribution in [0.5, 0.6) is 0 Å². The second-order valence-corrected chi connectivity index (χ2v) is 9.61. The molecular weight excluding hydrogens is 493 g/mol. The Kier molecular flexibility index (Phi) is 8.92. The molecule has 6 nitrogen and oxygen atoms in total. The predicted octanol–water partition coefficient (Wildman–Crippen LogP) is 5.52. The van der Waals surface area contributed by atoms with Crippen LogP contribution in [-0.2, 0) is 4.74 Å². The number of hydrogen-bond acceptors (Lipinski definition) is 5. The third-order valence-corrected chi connectivity index (χ3v) is 6.78. The van der Waals surface area contributed by atoms with Crippen LogP contribution in [0.2, 0.25) is 5.02 Å². The van der Waals surface area contributed by atoms with Crippen molar-refractivity contribution in [1.82, 2.24) is 10.2 Å². The topological polar surface area (TPSA) is 70.7 Å². The van der Waals surface area contributed by atoms with Crippen molar-refractivity contribution >= 4 is 34.7 Å². The average Bonchev–Trinajstić information content (AvgIpc) is 2.89. The van der Waals surface area contributed by atoms with Crippen molar-refractivity contribution in [2.75, 3.05) is 44.7 Å². The Morgan fingerprint density at radius 2 is 1.76 bits per heavy atom. The number of hydrogen-bond donors (Lipinski definition) is 2. The van der Waals surface area contributed by atoms with Crippen LogP contribution < -0.4 is 10.6 Å². The Morgan fingerprint density at radius 1 is 0.973 bits per heavy atom. The number of nitrogens with zero attached hydrogens (tertiary/aromatic N) is 1. The molecule has 1 fully saturated rings. The van der Waals surface area contributed by atoms with Gasteiger partial charge in [-0.15, -0.1) is 0 Å². The fourth-order valence-electron chi connectivity index (χ4n) is 4.28. The van der Waals surface area contributed by atoms with Gasteiger partial charge in [-0.1, -0.05) is 17.7 Å². The summed E-state index contributed by atoms with van der Waals surface area (Å²) in [5.41, 5.74) is 4.14. The van der Waals surface area contributed by atoms with E-state index < -0.39 is 0 Å². The normalized spacial score (nSPS) is 13.8. The minimum atomic E-state index is -0.304. The Morgan fingerprint density at radius 3 is 2.49 bits per heavy atom. The lowest BCUT2D eigenvalue weighted by Gasteiger charge is -2.26. The van der Waals surface area contributed by atoms with E-state index in [0.29, 0.717) is 28.9 Å². The minimum absolute atomic E-state index is 0.212. The van der Waals surface area contributed by atoms with E-state index in [1.54, 1.807) is 49.4 Å². The van der Waals surface area contributed by atoms with Crippen LogP contribution in [0.25, 0.3) is 0 Å². The maximum Gasteiger partial charge on any atom is 0.251 e. The molecule has 3 aromatic rings. The van der Waals surface area contributed by atoms with E-state index in [0.717, 1.165) is 56.1 Å². The molecule has 37 heavy (non-hydrogen) atoms. The van der Waals surface area contributed by atoms with Gasteiger partial charge >= 0.3 is 0 Å². The van der Waals surface area contributed by atoms with Gasteiger partial charge in [-0.05, 0) is 86.5 Å². The van der Waals surface area contributed by atoms with Gasteiger partial charge in [0.15, 0.2) is 5.78 Å². The van der Waals surface area contributed by atoms with Gasteiger partial charge in [0.25, 0.3) is 5.91 Å². The molecule has 8 heteroatoms. The summed E-state index contributed by atoms with van der Waals surface area (Å²) < 4.78 is 18.8. The highest BCUT2D eigenvalue weighted by molar-refractivity contribution is 6.35. The van der Waals surface area contributed by atoms with Gasteiger partial charge in [0.1, 0.15) is 5.82 Å². The molecule has 3 aromatic carbocycles. The number of rotatable bonds is 9. The third-order valence-electron chi connectivity index (χ3n) is 6.47. The lowest BCUT2D eigenvalue weighted by molar-refractivity contribution is 0.0374. The molecule has 194 valence electrons. The summed E-state index contributed by atoms with van der Waals surface area (Å²) in [6.07, 6.45) is 0.844. The van der Waals surface area contributed by atoms with Crippen LogP contribution in [0, 0.1) is 19.7 Å². The van der Waals surface area contributed by atoms with Crippen LogP contribution >= 0.6 is 11.6 Å². The fraction of sp³-hybridized carbons (Fsp3) is 0.310. The van der Waals surface area contributed by atoms with Gasteiger partial charge in [-0.3, -0.25) is 14.5 Å². The summed E-state index contributed by atoms with van der Waals surface area (Å²) in [4.78, 5) is 28.4. The SMILES string of the molecule is Cc1cc(F)ccc1Nc1ccc(C(=O)c2cc(C(=O)NCCCN3CCOCC3)ccc2C)c(Cl)c1. The van der Waals surface area contributed by atoms with Crippen molar-refractivity contribution in [2.45, 2.75) is 20.3 Å². The first-order chi connectivity index (χ1) is 17.8. The number of halogens is 2.